The third-order valence-corrected chi connectivity index (χ3v) is 6.09. The quantitative estimate of drug-likeness (QED) is 0.517. The molecule has 0 unspecified atom stereocenters. The highest BCUT2D eigenvalue weighted by Gasteiger charge is 2.41. The highest BCUT2D eigenvalue weighted by atomic mass is 16.3. The Balaban J connectivity index is 1.67. The number of amides is 2. The normalized spacial score (nSPS) is 17.9. The van der Waals surface area contributed by atoms with E-state index in [-0.39, 0.29) is 11.8 Å². The monoisotopic (exact) mass is 427 g/mol. The summed E-state index contributed by atoms with van der Waals surface area (Å²) in [4.78, 5) is 28.6. The summed E-state index contributed by atoms with van der Waals surface area (Å²) in [6.07, 6.45) is 3.57. The van der Waals surface area contributed by atoms with Gasteiger partial charge in [0.2, 0.25) is 0 Å². The summed E-state index contributed by atoms with van der Waals surface area (Å²) in [6.45, 7) is 3.99. The predicted molar refractivity (Wildman–Crippen MR) is 125 cm³/mol. The fourth-order valence-electron chi connectivity index (χ4n) is 4.60. The van der Waals surface area contributed by atoms with Gasteiger partial charge in [-0.25, -0.2) is 4.79 Å². The number of ketones is 1. The summed E-state index contributed by atoms with van der Waals surface area (Å²) in [6, 6.07) is 16.2. The summed E-state index contributed by atoms with van der Waals surface area (Å²) in [7, 11) is 0. The van der Waals surface area contributed by atoms with Crippen LogP contribution in [0.15, 0.2) is 76.5 Å². The Morgan fingerprint density at radius 3 is 2.72 bits per heavy atom. The van der Waals surface area contributed by atoms with E-state index in [1.165, 1.54) is 0 Å². The number of benzene rings is 2. The second-order valence-corrected chi connectivity index (χ2v) is 8.35. The molecule has 2 amide bonds. The third-order valence-electron chi connectivity index (χ3n) is 6.09. The first-order valence-corrected chi connectivity index (χ1v) is 10.9. The lowest BCUT2D eigenvalue weighted by atomic mass is 9.88. The number of furan rings is 1. The Hall–Kier alpha value is -3.80. The van der Waals surface area contributed by atoms with Crippen molar-refractivity contribution in [1.29, 1.82) is 0 Å². The van der Waals surface area contributed by atoms with E-state index >= 15 is 0 Å². The van der Waals surface area contributed by atoms with E-state index in [4.69, 9.17) is 4.42 Å². The molecule has 0 bridgehead atoms. The molecular formula is C26H25N3O3. The number of carbonyl (C=O) groups excluding carboxylic acids is 2. The van der Waals surface area contributed by atoms with E-state index in [0.717, 1.165) is 41.0 Å². The SMILES string of the molecule is Cc1ccc(NC(=O)N2c3ccccc3NC3=C(C(=O)CCC3)[C@H]2c2ccco2)c(C)c1. The standard InChI is InChI=1S/C26H25N3O3/c1-16-12-13-18(17(2)15-16)28-26(31)29-21-9-4-3-7-19(21)27-20-8-5-10-22(30)24(20)25(29)23-11-6-14-32-23/h3-4,6-7,9,11-15,25,27H,5,8,10H2,1-2H3,(H,28,31)/t25-/m1/s1. The average Bonchev–Trinajstić information content (AvgIpc) is 3.25. The first kappa shape index (κ1) is 20.1. The zero-order valence-corrected chi connectivity index (χ0v) is 18.1. The van der Waals surface area contributed by atoms with Gasteiger partial charge in [-0.05, 0) is 62.6 Å². The molecular weight excluding hydrogens is 402 g/mol. The molecule has 2 N–H and O–H groups in total. The van der Waals surface area contributed by atoms with Crippen LogP contribution in [-0.2, 0) is 4.79 Å². The number of Topliss-reactive ketones (excluding diaryl/α,β-unsaturated/α-hetero) is 1. The van der Waals surface area contributed by atoms with Crippen molar-refractivity contribution in [2.75, 3.05) is 15.5 Å². The molecule has 0 saturated heterocycles. The highest BCUT2D eigenvalue weighted by Crippen LogP contribution is 2.45. The zero-order chi connectivity index (χ0) is 22.2. The molecule has 1 aromatic heterocycles. The van der Waals surface area contributed by atoms with Crippen LogP contribution in [0, 0.1) is 13.8 Å². The number of nitrogens with zero attached hydrogens (tertiary/aromatic N) is 1. The van der Waals surface area contributed by atoms with Gasteiger partial charge in [0.25, 0.3) is 0 Å². The van der Waals surface area contributed by atoms with Gasteiger partial charge in [-0.15, -0.1) is 0 Å². The van der Waals surface area contributed by atoms with Gasteiger partial charge in [0.15, 0.2) is 5.78 Å². The summed E-state index contributed by atoms with van der Waals surface area (Å²) >= 11 is 0. The van der Waals surface area contributed by atoms with Crippen LogP contribution in [0.1, 0.15) is 42.2 Å². The van der Waals surface area contributed by atoms with Gasteiger partial charge in [-0.1, -0.05) is 29.8 Å². The average molecular weight is 428 g/mol. The molecule has 3 aromatic rings. The van der Waals surface area contributed by atoms with Crippen LogP contribution in [0.4, 0.5) is 21.9 Å². The van der Waals surface area contributed by atoms with Crippen LogP contribution in [0.2, 0.25) is 0 Å². The second kappa shape index (κ2) is 8.04. The van der Waals surface area contributed by atoms with E-state index < -0.39 is 6.04 Å². The molecule has 6 heteroatoms. The molecule has 32 heavy (non-hydrogen) atoms. The lowest BCUT2D eigenvalue weighted by molar-refractivity contribution is -0.116. The maximum Gasteiger partial charge on any atom is 0.327 e. The predicted octanol–water partition coefficient (Wildman–Crippen LogP) is 6.11. The number of nitrogens with one attached hydrogen (secondary N) is 2. The molecule has 162 valence electrons. The third kappa shape index (κ3) is 3.47. The maximum atomic E-state index is 13.8. The van der Waals surface area contributed by atoms with Crippen LogP contribution >= 0.6 is 0 Å². The number of fused-ring (bicyclic) bond motifs is 1. The number of allylic oxidation sites excluding steroid dienone is 1. The first-order valence-electron chi connectivity index (χ1n) is 10.9. The number of hydrogen-bond donors (Lipinski definition) is 2. The molecule has 1 aliphatic heterocycles. The van der Waals surface area contributed by atoms with Gasteiger partial charge in [0, 0.05) is 23.4 Å². The van der Waals surface area contributed by atoms with Gasteiger partial charge in [0.1, 0.15) is 11.8 Å². The van der Waals surface area contributed by atoms with Crippen molar-refractivity contribution in [3.8, 4) is 0 Å². The lowest BCUT2D eigenvalue weighted by Crippen LogP contribution is -2.40. The molecule has 2 aliphatic rings. The molecule has 1 aliphatic carbocycles. The summed E-state index contributed by atoms with van der Waals surface area (Å²) in [5.74, 6) is 0.597. The zero-order valence-electron chi connectivity index (χ0n) is 18.1. The van der Waals surface area contributed by atoms with Crippen molar-refractivity contribution in [2.45, 2.75) is 39.2 Å². The van der Waals surface area contributed by atoms with Crippen LogP contribution in [0.3, 0.4) is 0 Å². The molecule has 0 saturated carbocycles. The van der Waals surface area contributed by atoms with Crippen LogP contribution in [-0.4, -0.2) is 11.8 Å². The molecule has 5 rings (SSSR count). The minimum atomic E-state index is -0.658. The molecule has 1 atom stereocenters. The van der Waals surface area contributed by atoms with Crippen LogP contribution in [0.25, 0.3) is 0 Å². The van der Waals surface area contributed by atoms with E-state index in [0.29, 0.717) is 23.4 Å². The van der Waals surface area contributed by atoms with Gasteiger partial charge in [-0.3, -0.25) is 9.69 Å². The van der Waals surface area contributed by atoms with Crippen molar-refractivity contribution in [1.82, 2.24) is 0 Å². The minimum Gasteiger partial charge on any atom is -0.467 e. The Bertz CT molecular complexity index is 1230. The smallest absolute Gasteiger partial charge is 0.327 e. The molecule has 6 nitrogen and oxygen atoms in total. The lowest BCUT2D eigenvalue weighted by Gasteiger charge is -2.32. The molecule has 0 radical (unpaired) electrons. The van der Waals surface area contributed by atoms with E-state index in [1.54, 1.807) is 17.2 Å². The second-order valence-electron chi connectivity index (χ2n) is 8.35. The number of para-hydroxylation sites is 2. The Morgan fingerprint density at radius 1 is 1.09 bits per heavy atom. The number of urea groups is 1. The summed E-state index contributed by atoms with van der Waals surface area (Å²) in [5, 5.41) is 6.51. The molecule has 0 spiro atoms. The van der Waals surface area contributed by atoms with E-state index in [2.05, 4.69) is 10.6 Å². The van der Waals surface area contributed by atoms with Gasteiger partial charge >= 0.3 is 6.03 Å². The highest BCUT2D eigenvalue weighted by molar-refractivity contribution is 6.09. The van der Waals surface area contributed by atoms with Crippen LogP contribution in [0.5, 0.6) is 0 Å². The van der Waals surface area contributed by atoms with Gasteiger partial charge in [-0.2, -0.15) is 0 Å². The van der Waals surface area contributed by atoms with Gasteiger partial charge in [0.05, 0.1) is 17.6 Å². The number of carbonyl (C=O) groups is 2. The molecule has 2 heterocycles. The van der Waals surface area contributed by atoms with Crippen LogP contribution < -0.4 is 15.5 Å². The number of anilines is 3. The first-order chi connectivity index (χ1) is 15.5. The fourth-order valence-corrected chi connectivity index (χ4v) is 4.60. The molecule has 0 fully saturated rings. The van der Waals surface area contributed by atoms with E-state index in [9.17, 15) is 9.59 Å². The Labute approximate surface area is 186 Å². The molecule has 2 aromatic carbocycles. The van der Waals surface area contributed by atoms with Gasteiger partial charge < -0.3 is 15.1 Å². The van der Waals surface area contributed by atoms with Crippen molar-refractivity contribution >= 4 is 28.9 Å². The minimum absolute atomic E-state index is 0.0391. The summed E-state index contributed by atoms with van der Waals surface area (Å²) in [5.41, 5.74) is 5.77. The topological polar surface area (TPSA) is 74.6 Å². The van der Waals surface area contributed by atoms with Crippen molar-refractivity contribution in [2.24, 2.45) is 0 Å². The number of aryl methyl sites for hydroxylation is 2. The van der Waals surface area contributed by atoms with E-state index in [1.807, 2.05) is 62.4 Å². The fraction of sp³-hybridized carbons (Fsp3) is 0.231. The largest absolute Gasteiger partial charge is 0.467 e. The van der Waals surface area contributed by atoms with Crippen molar-refractivity contribution in [3.05, 3.63) is 89.0 Å². The Kier molecular flexibility index (Phi) is 5.05. The summed E-state index contributed by atoms with van der Waals surface area (Å²) < 4.78 is 5.78. The van der Waals surface area contributed by atoms with Crippen molar-refractivity contribution in [3.63, 3.8) is 0 Å². The Morgan fingerprint density at radius 2 is 1.94 bits per heavy atom. The maximum absolute atomic E-state index is 13.8. The number of hydrogen-bond acceptors (Lipinski definition) is 4. The number of rotatable bonds is 2. The van der Waals surface area contributed by atoms with Crippen molar-refractivity contribution < 1.29 is 14.0 Å².